The maximum absolute atomic E-state index is 13.2. The molecule has 20 heavy (non-hydrogen) atoms. The van der Waals surface area contributed by atoms with Crippen LogP contribution in [0.5, 0.6) is 0 Å². The Kier molecular flexibility index (Phi) is 2.31. The number of fused-ring (bicyclic) bond motifs is 1. The van der Waals surface area contributed by atoms with E-state index in [-0.39, 0.29) is 12.0 Å². The third-order valence-electron chi connectivity index (χ3n) is 6.52. The zero-order valence-electron chi connectivity index (χ0n) is 10.9. The molecule has 0 heterocycles. The molecular weight excluding hydrogens is 287 g/mol. The van der Waals surface area contributed by atoms with Gasteiger partial charge in [0.15, 0.2) is 0 Å². The standard InChI is InChI=1S/C13H17FO5S/c14-10(20(16,17)18)11(15)19-6-12-4-8-1-7-2-9(5-12)13(8,12)3-7/h7-10H,1-6H2,(H,16,17,18). The first kappa shape index (κ1) is 13.0. The fraction of sp³-hybridized carbons (Fsp3) is 0.923. The number of esters is 1. The van der Waals surface area contributed by atoms with Crippen LogP contribution in [0.1, 0.15) is 32.1 Å². The average molecular weight is 304 g/mol. The van der Waals surface area contributed by atoms with Crippen molar-refractivity contribution in [2.75, 3.05) is 6.61 Å². The zero-order chi connectivity index (χ0) is 14.3. The second kappa shape index (κ2) is 3.55. The largest absolute Gasteiger partial charge is 0.462 e. The van der Waals surface area contributed by atoms with Crippen molar-refractivity contribution >= 4 is 16.1 Å². The Bertz CT molecular complexity index is 570. The van der Waals surface area contributed by atoms with Gasteiger partial charge >= 0.3 is 21.6 Å². The molecule has 1 N–H and O–H groups in total. The van der Waals surface area contributed by atoms with Crippen molar-refractivity contribution in [1.29, 1.82) is 0 Å². The molecule has 0 aromatic rings. The van der Waals surface area contributed by atoms with Crippen molar-refractivity contribution < 1.29 is 26.9 Å². The third kappa shape index (κ3) is 1.31. The molecule has 0 aromatic carbocycles. The summed E-state index contributed by atoms with van der Waals surface area (Å²) in [7, 11) is -5.02. The molecule has 112 valence electrons. The molecule has 7 heteroatoms. The molecule has 4 aliphatic rings. The van der Waals surface area contributed by atoms with Crippen LogP contribution < -0.4 is 0 Å². The second-order valence-corrected chi connectivity index (χ2v) is 8.55. The minimum Gasteiger partial charge on any atom is -0.462 e. The molecule has 3 unspecified atom stereocenters. The summed E-state index contributed by atoms with van der Waals surface area (Å²) in [5, 5.41) is 0. The summed E-state index contributed by atoms with van der Waals surface area (Å²) in [6.45, 7) is 0.0987. The van der Waals surface area contributed by atoms with E-state index >= 15 is 0 Å². The molecule has 3 atom stereocenters. The van der Waals surface area contributed by atoms with Crippen LogP contribution in [0.15, 0.2) is 0 Å². The molecule has 4 aliphatic carbocycles. The van der Waals surface area contributed by atoms with Crippen LogP contribution in [0.25, 0.3) is 0 Å². The molecule has 4 saturated carbocycles. The molecule has 0 saturated heterocycles. The second-order valence-electron chi connectivity index (χ2n) is 7.10. The number of carbonyl (C=O) groups is 1. The van der Waals surface area contributed by atoms with Gasteiger partial charge in [-0.1, -0.05) is 0 Å². The lowest BCUT2D eigenvalue weighted by Crippen LogP contribution is -2.70. The van der Waals surface area contributed by atoms with E-state index < -0.39 is 21.6 Å². The first-order valence-electron chi connectivity index (χ1n) is 7.05. The van der Waals surface area contributed by atoms with E-state index in [9.17, 15) is 17.6 Å². The maximum atomic E-state index is 13.2. The topological polar surface area (TPSA) is 80.7 Å². The van der Waals surface area contributed by atoms with E-state index in [4.69, 9.17) is 9.29 Å². The monoisotopic (exact) mass is 304 g/mol. The quantitative estimate of drug-likeness (QED) is 0.629. The Hall–Kier alpha value is -0.690. The van der Waals surface area contributed by atoms with E-state index in [1.165, 1.54) is 19.3 Å². The fourth-order valence-electron chi connectivity index (χ4n) is 6.04. The van der Waals surface area contributed by atoms with Crippen molar-refractivity contribution in [2.45, 2.75) is 37.6 Å². The van der Waals surface area contributed by atoms with Crippen LogP contribution in [0.2, 0.25) is 0 Å². The van der Waals surface area contributed by atoms with Gasteiger partial charge in [0, 0.05) is 5.41 Å². The SMILES string of the molecule is O=C(OCC12CC3CC4CC(C1)C32C4)C(F)S(=O)(=O)O. The summed E-state index contributed by atoms with van der Waals surface area (Å²) in [4.78, 5) is 11.4. The molecule has 1 spiro atoms. The van der Waals surface area contributed by atoms with Crippen molar-refractivity contribution in [2.24, 2.45) is 28.6 Å². The Balaban J connectivity index is 1.44. The van der Waals surface area contributed by atoms with E-state index in [1.54, 1.807) is 0 Å². The molecule has 0 aromatic heterocycles. The molecular formula is C13H17FO5S. The predicted molar refractivity (Wildman–Crippen MR) is 65.8 cm³/mol. The summed E-state index contributed by atoms with van der Waals surface area (Å²) in [6.07, 6.45) is 5.75. The number of hydrogen-bond donors (Lipinski definition) is 1. The Labute approximate surface area is 116 Å². The van der Waals surface area contributed by atoms with Gasteiger partial charge in [0.2, 0.25) is 0 Å². The van der Waals surface area contributed by atoms with Crippen LogP contribution in [-0.4, -0.2) is 31.1 Å². The average Bonchev–Trinajstić information content (AvgIpc) is 2.84. The van der Waals surface area contributed by atoms with Gasteiger partial charge < -0.3 is 4.74 Å². The summed E-state index contributed by atoms with van der Waals surface area (Å²) < 4.78 is 47.7. The molecule has 2 bridgehead atoms. The summed E-state index contributed by atoms with van der Waals surface area (Å²) in [5.41, 5.74) is -2.73. The van der Waals surface area contributed by atoms with Gasteiger partial charge in [-0.15, -0.1) is 0 Å². The highest BCUT2D eigenvalue weighted by Crippen LogP contribution is 2.86. The van der Waals surface area contributed by atoms with E-state index in [2.05, 4.69) is 0 Å². The smallest absolute Gasteiger partial charge is 0.359 e. The number of alkyl halides is 1. The van der Waals surface area contributed by atoms with Gasteiger partial charge in [0.1, 0.15) is 0 Å². The van der Waals surface area contributed by atoms with Crippen molar-refractivity contribution in [3.63, 3.8) is 0 Å². The molecule has 0 aliphatic heterocycles. The highest BCUT2D eigenvalue weighted by molar-refractivity contribution is 7.87. The predicted octanol–water partition coefficient (Wildman–Crippen LogP) is 1.54. The van der Waals surface area contributed by atoms with Crippen LogP contribution in [0, 0.1) is 28.6 Å². The van der Waals surface area contributed by atoms with Crippen LogP contribution in [0.3, 0.4) is 0 Å². The van der Waals surface area contributed by atoms with Crippen LogP contribution >= 0.6 is 0 Å². The molecule has 4 fully saturated rings. The molecule has 4 rings (SSSR count). The number of halogens is 1. The lowest BCUT2D eigenvalue weighted by atomic mass is 9.30. The number of hydrogen-bond acceptors (Lipinski definition) is 4. The first-order valence-corrected chi connectivity index (χ1v) is 8.56. The minimum absolute atomic E-state index is 0.0395. The van der Waals surface area contributed by atoms with Gasteiger partial charge in [-0.25, -0.2) is 9.18 Å². The maximum Gasteiger partial charge on any atom is 0.359 e. The van der Waals surface area contributed by atoms with E-state index in [0.29, 0.717) is 5.41 Å². The van der Waals surface area contributed by atoms with Gasteiger partial charge in [-0.05, 0) is 55.3 Å². The minimum atomic E-state index is -5.02. The normalized spacial score (nSPS) is 49.0. The van der Waals surface area contributed by atoms with Gasteiger partial charge in [0.25, 0.3) is 0 Å². The highest BCUT2D eigenvalue weighted by atomic mass is 32.2. The lowest BCUT2D eigenvalue weighted by Gasteiger charge is -2.74. The highest BCUT2D eigenvalue weighted by Gasteiger charge is 2.81. The Morgan fingerprint density at radius 2 is 1.90 bits per heavy atom. The number of ether oxygens (including phenoxy) is 1. The van der Waals surface area contributed by atoms with Gasteiger partial charge in [-0.2, -0.15) is 8.42 Å². The Morgan fingerprint density at radius 1 is 1.30 bits per heavy atom. The van der Waals surface area contributed by atoms with Gasteiger partial charge in [0.05, 0.1) is 6.61 Å². The molecule has 5 nitrogen and oxygen atoms in total. The molecule has 0 amide bonds. The first-order chi connectivity index (χ1) is 9.28. The lowest BCUT2D eigenvalue weighted by molar-refractivity contribution is -0.278. The van der Waals surface area contributed by atoms with E-state index in [1.807, 2.05) is 0 Å². The summed E-state index contributed by atoms with van der Waals surface area (Å²) >= 11 is 0. The van der Waals surface area contributed by atoms with Crippen LogP contribution in [-0.2, 0) is 19.6 Å². The van der Waals surface area contributed by atoms with E-state index in [0.717, 1.165) is 30.6 Å². The number of rotatable bonds is 4. The summed E-state index contributed by atoms with van der Waals surface area (Å²) in [6, 6.07) is 0. The fourth-order valence-corrected chi connectivity index (χ4v) is 6.35. The third-order valence-corrected chi connectivity index (χ3v) is 7.23. The van der Waals surface area contributed by atoms with Crippen molar-refractivity contribution in [3.05, 3.63) is 0 Å². The molecule has 0 radical (unpaired) electrons. The number of carbonyl (C=O) groups excluding carboxylic acids is 1. The van der Waals surface area contributed by atoms with Gasteiger partial charge in [-0.3, -0.25) is 4.55 Å². The van der Waals surface area contributed by atoms with Crippen molar-refractivity contribution in [1.82, 2.24) is 0 Å². The van der Waals surface area contributed by atoms with Crippen LogP contribution in [0.4, 0.5) is 4.39 Å². The van der Waals surface area contributed by atoms with Crippen molar-refractivity contribution in [3.8, 4) is 0 Å². The summed E-state index contributed by atoms with van der Waals surface area (Å²) in [5.74, 6) is 0.762. The Morgan fingerprint density at radius 3 is 2.40 bits per heavy atom. The zero-order valence-corrected chi connectivity index (χ0v) is 11.7.